The first kappa shape index (κ1) is 25.6. The van der Waals surface area contributed by atoms with Crippen molar-refractivity contribution in [3.63, 3.8) is 0 Å². The highest BCUT2D eigenvalue weighted by Crippen LogP contribution is 2.40. The molecule has 1 N–H and O–H groups in total. The minimum Gasteiger partial charge on any atom is -0.491 e. The van der Waals surface area contributed by atoms with E-state index in [0.29, 0.717) is 42.5 Å². The van der Waals surface area contributed by atoms with Gasteiger partial charge in [-0.1, -0.05) is 29.3 Å². The molecule has 0 radical (unpaired) electrons. The van der Waals surface area contributed by atoms with E-state index in [1.807, 2.05) is 23.2 Å². The molecule has 0 spiro atoms. The zero-order valence-corrected chi connectivity index (χ0v) is 22.2. The molecule has 2 fully saturated rings. The second kappa shape index (κ2) is 11.1. The average Bonchev–Trinajstić information content (AvgIpc) is 3.54. The predicted molar refractivity (Wildman–Crippen MR) is 143 cm³/mol. The van der Waals surface area contributed by atoms with Crippen LogP contribution >= 0.6 is 23.2 Å². The molecule has 0 aliphatic carbocycles. The number of anilines is 1. The number of ether oxygens (including phenoxy) is 3. The van der Waals surface area contributed by atoms with Crippen molar-refractivity contribution in [2.75, 3.05) is 57.5 Å². The van der Waals surface area contributed by atoms with Crippen molar-refractivity contribution in [3.8, 4) is 5.75 Å². The van der Waals surface area contributed by atoms with Gasteiger partial charge in [0.25, 0.3) is 0 Å². The fourth-order valence-corrected chi connectivity index (χ4v) is 5.38. The number of hydrogen-bond acceptors (Lipinski definition) is 8. The van der Waals surface area contributed by atoms with Crippen molar-refractivity contribution in [2.24, 2.45) is 4.99 Å². The Labute approximate surface area is 222 Å². The summed E-state index contributed by atoms with van der Waals surface area (Å²) in [6.07, 6.45) is 1.46. The predicted octanol–water partition coefficient (Wildman–Crippen LogP) is 3.98. The third-order valence-electron chi connectivity index (χ3n) is 6.85. The highest BCUT2D eigenvalue weighted by Gasteiger charge is 2.46. The molecule has 0 bridgehead atoms. The molecular weight excluding hydrogens is 501 g/mol. The number of aliphatic imine (C=N–C) groups is 1. The molecule has 0 aromatic heterocycles. The van der Waals surface area contributed by atoms with Crippen LogP contribution in [0.4, 0.5) is 5.69 Å². The van der Waals surface area contributed by atoms with E-state index < -0.39 is 5.79 Å². The standard InChI is InChI=1S/C26H33Cl2N5O3/c1-19(2)31-9-11-32(12-10-31)21-4-6-22(7-5-21)34-14-23-15-35-26(36-23,16-33-18-29-17-30-33)24-8-3-20(27)13-25(24)28/h3-8,13,18-19,23,30H,9-12,14-17H2,1-2H3. The van der Waals surface area contributed by atoms with Crippen LogP contribution in [0, 0.1) is 0 Å². The first-order chi connectivity index (χ1) is 17.4. The molecular formula is C26H33Cl2N5O3. The lowest BCUT2D eigenvalue weighted by Gasteiger charge is -2.38. The van der Waals surface area contributed by atoms with Crippen LogP contribution in [0.2, 0.25) is 10.0 Å². The van der Waals surface area contributed by atoms with Gasteiger partial charge in [0.05, 0.1) is 18.2 Å². The van der Waals surface area contributed by atoms with Crippen molar-refractivity contribution in [2.45, 2.75) is 31.8 Å². The number of nitrogens with zero attached hydrogens (tertiary/aromatic N) is 4. The molecule has 2 aromatic rings. The Bertz CT molecular complexity index is 1060. The fraction of sp³-hybridized carbons (Fsp3) is 0.500. The van der Waals surface area contributed by atoms with Crippen LogP contribution in [-0.2, 0) is 15.3 Å². The molecule has 2 aromatic carbocycles. The summed E-state index contributed by atoms with van der Waals surface area (Å²) in [5, 5.41) is 2.89. The van der Waals surface area contributed by atoms with Gasteiger partial charge in [-0.15, -0.1) is 0 Å². The number of rotatable bonds is 8. The van der Waals surface area contributed by atoms with Gasteiger partial charge < -0.3 is 19.1 Å². The minimum absolute atomic E-state index is 0.264. The van der Waals surface area contributed by atoms with Crippen LogP contribution < -0.4 is 15.1 Å². The SMILES string of the molecule is CC(C)N1CCN(c2ccc(OCC3COC(CN4C=NCN4)(c4ccc(Cl)cc4Cl)O3)cc2)CC1. The Morgan fingerprint density at radius 3 is 2.56 bits per heavy atom. The Balaban J connectivity index is 1.20. The molecule has 36 heavy (non-hydrogen) atoms. The maximum atomic E-state index is 6.55. The molecule has 0 amide bonds. The summed E-state index contributed by atoms with van der Waals surface area (Å²) in [7, 11) is 0. The van der Waals surface area contributed by atoms with Crippen LogP contribution in [0.15, 0.2) is 47.5 Å². The van der Waals surface area contributed by atoms with Gasteiger partial charge in [0.2, 0.25) is 5.79 Å². The number of nitrogens with one attached hydrogen (secondary N) is 1. The summed E-state index contributed by atoms with van der Waals surface area (Å²) in [4.78, 5) is 9.15. The van der Waals surface area contributed by atoms with Gasteiger partial charge in [-0.05, 0) is 50.2 Å². The highest BCUT2D eigenvalue weighted by molar-refractivity contribution is 6.35. The topological polar surface area (TPSA) is 61.8 Å². The second-order valence-corrected chi connectivity index (χ2v) is 10.4. The quantitative estimate of drug-likeness (QED) is 0.550. The molecule has 3 aliphatic rings. The van der Waals surface area contributed by atoms with Crippen LogP contribution in [0.3, 0.4) is 0 Å². The average molecular weight is 534 g/mol. The summed E-state index contributed by atoms with van der Waals surface area (Å²) in [6.45, 7) is 10.4. The lowest BCUT2D eigenvalue weighted by atomic mass is 10.1. The summed E-state index contributed by atoms with van der Waals surface area (Å²) < 4.78 is 18.8. The molecule has 10 heteroatoms. The second-order valence-electron chi connectivity index (χ2n) is 9.59. The van der Waals surface area contributed by atoms with Gasteiger partial charge in [0.15, 0.2) is 0 Å². The van der Waals surface area contributed by atoms with Gasteiger partial charge in [0.1, 0.15) is 31.5 Å². The number of hydrazine groups is 1. The largest absolute Gasteiger partial charge is 0.491 e. The van der Waals surface area contributed by atoms with Crippen molar-refractivity contribution in [3.05, 3.63) is 58.1 Å². The number of benzene rings is 2. The van der Waals surface area contributed by atoms with Crippen LogP contribution in [-0.4, -0.2) is 81.0 Å². The molecule has 0 saturated carbocycles. The molecule has 5 rings (SSSR count). The molecule has 2 atom stereocenters. The minimum atomic E-state index is -1.07. The van der Waals surface area contributed by atoms with Crippen LogP contribution in [0.5, 0.6) is 5.75 Å². The molecule has 2 saturated heterocycles. The van der Waals surface area contributed by atoms with E-state index >= 15 is 0 Å². The summed E-state index contributed by atoms with van der Waals surface area (Å²) in [5.41, 5.74) is 5.11. The van der Waals surface area contributed by atoms with E-state index in [1.54, 1.807) is 18.5 Å². The van der Waals surface area contributed by atoms with Crippen LogP contribution in [0.25, 0.3) is 0 Å². The van der Waals surface area contributed by atoms with Gasteiger partial charge in [-0.3, -0.25) is 14.9 Å². The first-order valence-corrected chi connectivity index (χ1v) is 13.2. The first-order valence-electron chi connectivity index (χ1n) is 12.4. The Hall–Kier alpha value is -2.07. The zero-order chi connectivity index (χ0) is 25.1. The third-order valence-corrected chi connectivity index (χ3v) is 7.40. The van der Waals surface area contributed by atoms with Crippen molar-refractivity contribution in [1.29, 1.82) is 0 Å². The molecule has 3 heterocycles. The van der Waals surface area contributed by atoms with Gasteiger partial charge in [-0.25, -0.2) is 5.43 Å². The smallest absolute Gasteiger partial charge is 0.216 e. The maximum absolute atomic E-state index is 6.55. The maximum Gasteiger partial charge on any atom is 0.216 e. The third kappa shape index (κ3) is 5.74. The lowest BCUT2D eigenvalue weighted by Crippen LogP contribution is -2.48. The van der Waals surface area contributed by atoms with Gasteiger partial charge in [-0.2, -0.15) is 0 Å². The van der Waals surface area contributed by atoms with Gasteiger partial charge >= 0.3 is 0 Å². The number of piperazine rings is 1. The van der Waals surface area contributed by atoms with E-state index in [2.05, 4.69) is 46.2 Å². The molecule has 3 aliphatic heterocycles. The normalized spacial score (nSPS) is 24.8. The van der Waals surface area contributed by atoms with E-state index in [9.17, 15) is 0 Å². The van der Waals surface area contributed by atoms with E-state index in [1.165, 1.54) is 5.69 Å². The van der Waals surface area contributed by atoms with Crippen molar-refractivity contribution >= 4 is 35.2 Å². The lowest BCUT2D eigenvalue weighted by molar-refractivity contribution is -0.188. The van der Waals surface area contributed by atoms with Crippen molar-refractivity contribution < 1.29 is 14.2 Å². The van der Waals surface area contributed by atoms with Crippen LogP contribution in [0.1, 0.15) is 19.4 Å². The molecule has 2 unspecified atom stereocenters. The zero-order valence-electron chi connectivity index (χ0n) is 20.7. The Kier molecular flexibility index (Phi) is 7.90. The number of halogens is 2. The van der Waals surface area contributed by atoms with E-state index in [-0.39, 0.29) is 6.10 Å². The number of hydrogen-bond donors (Lipinski definition) is 1. The Morgan fingerprint density at radius 1 is 1.11 bits per heavy atom. The molecule has 8 nitrogen and oxygen atoms in total. The highest BCUT2D eigenvalue weighted by atomic mass is 35.5. The monoisotopic (exact) mass is 533 g/mol. The van der Waals surface area contributed by atoms with Gasteiger partial charge in [0, 0.05) is 48.5 Å². The Morgan fingerprint density at radius 2 is 1.89 bits per heavy atom. The fourth-order valence-electron chi connectivity index (χ4n) is 4.83. The summed E-state index contributed by atoms with van der Waals surface area (Å²) in [5.74, 6) is -0.264. The van der Waals surface area contributed by atoms with E-state index in [0.717, 1.165) is 37.5 Å². The molecule has 194 valence electrons. The van der Waals surface area contributed by atoms with Crippen molar-refractivity contribution in [1.82, 2.24) is 15.3 Å². The summed E-state index contributed by atoms with van der Waals surface area (Å²) in [6, 6.07) is 14.2. The van der Waals surface area contributed by atoms with E-state index in [4.69, 9.17) is 37.4 Å². The summed E-state index contributed by atoms with van der Waals surface area (Å²) >= 11 is 12.7.